The van der Waals surface area contributed by atoms with Crippen LogP contribution in [0.3, 0.4) is 0 Å². The molecule has 1 saturated carbocycles. The van der Waals surface area contributed by atoms with Crippen LogP contribution in [0.15, 0.2) is 0 Å². The van der Waals surface area contributed by atoms with Crippen LogP contribution in [-0.4, -0.2) is 23.9 Å². The summed E-state index contributed by atoms with van der Waals surface area (Å²) in [6.07, 6.45) is 2.28. The summed E-state index contributed by atoms with van der Waals surface area (Å²) < 4.78 is 0. The van der Waals surface area contributed by atoms with Crippen LogP contribution < -0.4 is 0 Å². The van der Waals surface area contributed by atoms with Crippen LogP contribution in [0.5, 0.6) is 0 Å². The summed E-state index contributed by atoms with van der Waals surface area (Å²) in [6, 6.07) is 4.26. The summed E-state index contributed by atoms with van der Waals surface area (Å²) in [7, 11) is 0. The summed E-state index contributed by atoms with van der Waals surface area (Å²) >= 11 is 0. The zero-order valence-corrected chi connectivity index (χ0v) is 9.86. The van der Waals surface area contributed by atoms with Crippen molar-refractivity contribution >= 4 is 5.91 Å². The first-order chi connectivity index (χ1) is 7.59. The molecule has 1 rings (SSSR count). The highest BCUT2D eigenvalue weighted by Gasteiger charge is 2.46. The fourth-order valence-corrected chi connectivity index (χ4v) is 1.93. The lowest BCUT2D eigenvalue weighted by atomic mass is 9.69. The van der Waals surface area contributed by atoms with Gasteiger partial charge in [0.15, 0.2) is 0 Å². The predicted octanol–water partition coefficient (Wildman–Crippen LogP) is 1.69. The largest absolute Gasteiger partial charge is 0.340 e. The highest BCUT2D eigenvalue weighted by atomic mass is 16.2. The quantitative estimate of drug-likeness (QED) is 0.722. The molecule has 1 atom stereocenters. The van der Waals surface area contributed by atoms with E-state index in [9.17, 15) is 4.79 Å². The van der Waals surface area contributed by atoms with Gasteiger partial charge in [-0.3, -0.25) is 4.79 Å². The predicted molar refractivity (Wildman–Crippen MR) is 58.9 cm³/mol. The van der Waals surface area contributed by atoms with E-state index in [0.29, 0.717) is 25.9 Å². The fraction of sp³-hybridized carbons (Fsp3) is 0.750. The van der Waals surface area contributed by atoms with Crippen molar-refractivity contribution in [2.45, 2.75) is 33.1 Å². The first-order valence-electron chi connectivity index (χ1n) is 5.70. The minimum atomic E-state index is -0.787. The van der Waals surface area contributed by atoms with Gasteiger partial charge in [0.25, 0.3) is 0 Å². The molecule has 16 heavy (non-hydrogen) atoms. The van der Waals surface area contributed by atoms with Crippen LogP contribution in [0, 0.1) is 34.0 Å². The Balaban J connectivity index is 2.71. The molecular weight excluding hydrogens is 202 g/mol. The first kappa shape index (κ1) is 12.5. The van der Waals surface area contributed by atoms with E-state index < -0.39 is 5.41 Å². The van der Waals surface area contributed by atoms with Gasteiger partial charge in [0, 0.05) is 13.1 Å². The molecule has 86 valence electrons. The van der Waals surface area contributed by atoms with Crippen molar-refractivity contribution in [1.82, 2.24) is 4.90 Å². The first-order valence-corrected chi connectivity index (χ1v) is 5.70. The Bertz CT molecular complexity index is 346. The van der Waals surface area contributed by atoms with Crippen LogP contribution in [0.1, 0.15) is 33.1 Å². The smallest absolute Gasteiger partial charge is 0.243 e. The van der Waals surface area contributed by atoms with Gasteiger partial charge in [0.05, 0.1) is 18.1 Å². The van der Waals surface area contributed by atoms with E-state index in [0.717, 1.165) is 6.42 Å². The van der Waals surface area contributed by atoms with E-state index in [-0.39, 0.29) is 11.8 Å². The number of amides is 1. The molecule has 0 spiro atoms. The van der Waals surface area contributed by atoms with Gasteiger partial charge in [0.1, 0.15) is 5.41 Å². The molecule has 0 aliphatic heterocycles. The number of nitrogens with zero attached hydrogens (tertiary/aromatic N) is 3. The second kappa shape index (κ2) is 4.99. The summed E-state index contributed by atoms with van der Waals surface area (Å²) in [6.45, 7) is 4.66. The number of hydrogen-bond acceptors (Lipinski definition) is 3. The third kappa shape index (κ3) is 2.17. The number of nitriles is 2. The van der Waals surface area contributed by atoms with Crippen molar-refractivity contribution in [3.63, 3.8) is 0 Å². The molecule has 0 N–H and O–H groups in total. The molecule has 1 aliphatic rings. The standard InChI is InChI=1S/C12H17N3O/c1-3-15(8-10(2)7-13)11(16)12(9-14)5-4-6-12/h10H,3-6,8H2,1-2H3. The number of hydrogen-bond donors (Lipinski definition) is 0. The van der Waals surface area contributed by atoms with Crippen molar-refractivity contribution in [3.05, 3.63) is 0 Å². The molecule has 0 aromatic heterocycles. The Labute approximate surface area is 96.5 Å². The Morgan fingerprint density at radius 1 is 1.50 bits per heavy atom. The van der Waals surface area contributed by atoms with Gasteiger partial charge in [0.2, 0.25) is 5.91 Å². The van der Waals surface area contributed by atoms with E-state index in [1.54, 1.807) is 11.8 Å². The highest BCUT2D eigenvalue weighted by molar-refractivity contribution is 5.86. The molecular formula is C12H17N3O. The van der Waals surface area contributed by atoms with Crippen molar-refractivity contribution in [2.24, 2.45) is 11.3 Å². The molecule has 0 heterocycles. The summed E-state index contributed by atoms with van der Waals surface area (Å²) in [5.41, 5.74) is -0.787. The van der Waals surface area contributed by atoms with Crippen LogP contribution >= 0.6 is 0 Å². The summed E-state index contributed by atoms with van der Waals surface area (Å²) in [5, 5.41) is 17.8. The van der Waals surface area contributed by atoms with E-state index >= 15 is 0 Å². The van der Waals surface area contributed by atoms with Crippen LogP contribution in [0.25, 0.3) is 0 Å². The lowest BCUT2D eigenvalue weighted by molar-refractivity contribution is -0.143. The normalized spacial score (nSPS) is 18.8. The topological polar surface area (TPSA) is 67.9 Å². The molecule has 4 nitrogen and oxygen atoms in total. The van der Waals surface area contributed by atoms with Gasteiger partial charge in [-0.05, 0) is 33.1 Å². The zero-order chi connectivity index (χ0) is 12.2. The molecule has 1 unspecified atom stereocenters. The van der Waals surface area contributed by atoms with Crippen LogP contribution in [0.2, 0.25) is 0 Å². The summed E-state index contributed by atoms with van der Waals surface area (Å²) in [4.78, 5) is 13.8. The van der Waals surface area contributed by atoms with Gasteiger partial charge in [-0.25, -0.2) is 0 Å². The molecule has 0 saturated heterocycles. The van der Waals surface area contributed by atoms with Gasteiger partial charge < -0.3 is 4.90 Å². The Kier molecular flexibility index (Phi) is 3.90. The number of carbonyl (C=O) groups is 1. The Morgan fingerprint density at radius 3 is 2.44 bits per heavy atom. The third-order valence-electron chi connectivity index (χ3n) is 3.21. The van der Waals surface area contributed by atoms with Crippen molar-refractivity contribution in [3.8, 4) is 12.1 Å². The Morgan fingerprint density at radius 2 is 2.12 bits per heavy atom. The van der Waals surface area contributed by atoms with E-state index in [1.165, 1.54) is 0 Å². The van der Waals surface area contributed by atoms with Crippen molar-refractivity contribution in [2.75, 3.05) is 13.1 Å². The maximum atomic E-state index is 12.2. The minimum Gasteiger partial charge on any atom is -0.340 e. The highest BCUT2D eigenvalue weighted by Crippen LogP contribution is 2.41. The van der Waals surface area contributed by atoms with Crippen molar-refractivity contribution in [1.29, 1.82) is 10.5 Å². The zero-order valence-electron chi connectivity index (χ0n) is 9.86. The fourth-order valence-electron chi connectivity index (χ4n) is 1.93. The van der Waals surface area contributed by atoms with Gasteiger partial charge in [-0.1, -0.05) is 0 Å². The van der Waals surface area contributed by atoms with Crippen LogP contribution in [-0.2, 0) is 4.79 Å². The average molecular weight is 219 g/mol. The molecule has 0 aromatic carbocycles. The van der Waals surface area contributed by atoms with Gasteiger partial charge in [-0.2, -0.15) is 10.5 Å². The molecule has 0 aromatic rings. The van der Waals surface area contributed by atoms with E-state index in [1.807, 2.05) is 6.92 Å². The monoisotopic (exact) mass is 219 g/mol. The molecule has 4 heteroatoms. The summed E-state index contributed by atoms with van der Waals surface area (Å²) in [5.74, 6) is -0.273. The molecule has 1 fully saturated rings. The maximum Gasteiger partial charge on any atom is 0.243 e. The molecule has 1 amide bonds. The third-order valence-corrected chi connectivity index (χ3v) is 3.21. The van der Waals surface area contributed by atoms with Crippen LogP contribution in [0.4, 0.5) is 0 Å². The van der Waals surface area contributed by atoms with Gasteiger partial charge >= 0.3 is 0 Å². The maximum absolute atomic E-state index is 12.2. The average Bonchev–Trinajstić information content (AvgIpc) is 2.24. The molecule has 1 aliphatic carbocycles. The number of rotatable bonds is 4. The van der Waals surface area contributed by atoms with E-state index in [2.05, 4.69) is 12.1 Å². The van der Waals surface area contributed by atoms with Crippen molar-refractivity contribution < 1.29 is 4.79 Å². The molecule has 0 radical (unpaired) electrons. The Hall–Kier alpha value is -1.55. The second-order valence-electron chi connectivity index (χ2n) is 4.42. The number of carbonyl (C=O) groups excluding carboxylic acids is 1. The van der Waals surface area contributed by atoms with E-state index in [4.69, 9.17) is 10.5 Å². The lowest BCUT2D eigenvalue weighted by Gasteiger charge is -2.38. The lowest BCUT2D eigenvalue weighted by Crippen LogP contribution is -2.48. The SMILES string of the molecule is CCN(CC(C)C#N)C(=O)C1(C#N)CCC1. The minimum absolute atomic E-state index is 0.0918. The van der Waals surface area contributed by atoms with Gasteiger partial charge in [-0.15, -0.1) is 0 Å². The molecule has 0 bridgehead atoms. The second-order valence-corrected chi connectivity index (χ2v) is 4.42.